The molecule has 0 spiro atoms. The number of likely N-dealkylation sites (tertiary alicyclic amines) is 1. The number of esters is 1. The lowest BCUT2D eigenvalue weighted by Crippen LogP contribution is -2.53. The molecule has 2 aliphatic rings. The predicted molar refractivity (Wildman–Crippen MR) is 77.5 cm³/mol. The number of carbonyl (C=O) groups excluding carboxylic acids is 3. The summed E-state index contributed by atoms with van der Waals surface area (Å²) in [6, 6.07) is 5.15. The van der Waals surface area contributed by atoms with Crippen molar-refractivity contribution >= 4 is 17.8 Å². The Bertz CT molecular complexity index is 707. The lowest BCUT2D eigenvalue weighted by molar-refractivity contribution is -0.152. The van der Waals surface area contributed by atoms with Gasteiger partial charge >= 0.3 is 5.97 Å². The van der Waals surface area contributed by atoms with Crippen molar-refractivity contribution in [2.24, 2.45) is 11.8 Å². The molecule has 0 saturated carbocycles. The minimum atomic E-state index is -1.34. The number of hydrogen-bond donors (Lipinski definition) is 1. The molecule has 2 saturated heterocycles. The van der Waals surface area contributed by atoms with Gasteiger partial charge < -0.3 is 4.74 Å². The Morgan fingerprint density at radius 1 is 1.35 bits per heavy atom. The average Bonchev–Trinajstić information content (AvgIpc) is 2.97. The molecule has 7 heteroatoms. The van der Waals surface area contributed by atoms with Crippen LogP contribution in [0.2, 0.25) is 0 Å². The quantitative estimate of drug-likeness (QED) is 0.639. The van der Waals surface area contributed by atoms with E-state index in [0.717, 1.165) is 4.90 Å². The molecule has 0 aromatic heterocycles. The zero-order chi connectivity index (χ0) is 16.9. The maximum Gasteiger partial charge on any atom is 0.326 e. The Morgan fingerprint density at radius 2 is 2.04 bits per heavy atom. The molecule has 4 atom stereocenters. The number of methoxy groups -OCH3 is 1. The Balaban J connectivity index is 2.11. The van der Waals surface area contributed by atoms with Crippen LogP contribution in [0.3, 0.4) is 0 Å². The van der Waals surface area contributed by atoms with Crippen molar-refractivity contribution in [3.05, 3.63) is 35.6 Å². The summed E-state index contributed by atoms with van der Waals surface area (Å²) in [5, 5.41) is 3.04. The highest BCUT2D eigenvalue weighted by atomic mass is 19.1. The maximum absolute atomic E-state index is 13.6. The summed E-state index contributed by atoms with van der Waals surface area (Å²) in [6.07, 6.45) is 0. The average molecular weight is 320 g/mol. The highest BCUT2D eigenvalue weighted by Crippen LogP contribution is 2.48. The first-order valence-corrected chi connectivity index (χ1v) is 7.24. The van der Waals surface area contributed by atoms with E-state index in [-0.39, 0.29) is 5.91 Å². The monoisotopic (exact) mass is 320 g/mol. The summed E-state index contributed by atoms with van der Waals surface area (Å²) in [7, 11) is 2.62. The van der Waals surface area contributed by atoms with Gasteiger partial charge in [-0.2, -0.15) is 0 Å². The van der Waals surface area contributed by atoms with Crippen LogP contribution < -0.4 is 5.32 Å². The van der Waals surface area contributed by atoms with Crippen LogP contribution in [0, 0.1) is 17.7 Å². The van der Waals surface area contributed by atoms with Gasteiger partial charge in [0.05, 0.1) is 18.9 Å². The summed E-state index contributed by atoms with van der Waals surface area (Å²) < 4.78 is 18.4. The molecule has 0 bridgehead atoms. The summed E-state index contributed by atoms with van der Waals surface area (Å²) in [5.41, 5.74) is -0.822. The van der Waals surface area contributed by atoms with Gasteiger partial charge in [0.25, 0.3) is 0 Å². The molecular weight excluding hydrogens is 303 g/mol. The van der Waals surface area contributed by atoms with Crippen LogP contribution >= 0.6 is 0 Å². The lowest BCUT2D eigenvalue weighted by atomic mass is 9.80. The second kappa shape index (κ2) is 5.13. The minimum Gasteiger partial charge on any atom is -0.468 e. The third-order valence-electron chi connectivity index (χ3n) is 4.83. The summed E-state index contributed by atoms with van der Waals surface area (Å²) in [5.74, 6) is -3.52. The van der Waals surface area contributed by atoms with Crippen molar-refractivity contribution in [3.63, 3.8) is 0 Å². The first-order valence-electron chi connectivity index (χ1n) is 7.24. The fourth-order valence-electron chi connectivity index (χ4n) is 3.67. The normalized spacial score (nSPS) is 33.0. The van der Waals surface area contributed by atoms with Crippen LogP contribution in [0.25, 0.3) is 0 Å². The van der Waals surface area contributed by atoms with Gasteiger partial charge in [-0.25, -0.2) is 4.39 Å². The van der Waals surface area contributed by atoms with Crippen molar-refractivity contribution in [2.45, 2.75) is 18.5 Å². The van der Waals surface area contributed by atoms with Crippen LogP contribution in [0.4, 0.5) is 4.39 Å². The smallest absolute Gasteiger partial charge is 0.326 e. The number of hydrogen-bond acceptors (Lipinski definition) is 5. The first-order chi connectivity index (χ1) is 10.8. The maximum atomic E-state index is 13.6. The third-order valence-corrected chi connectivity index (χ3v) is 4.83. The Hall–Kier alpha value is -2.28. The predicted octanol–water partition coefficient (Wildman–Crippen LogP) is 0.633. The van der Waals surface area contributed by atoms with Gasteiger partial charge in [0, 0.05) is 13.1 Å². The van der Waals surface area contributed by atoms with E-state index in [1.807, 2.05) is 0 Å². The van der Waals surface area contributed by atoms with E-state index in [1.165, 1.54) is 32.4 Å². The van der Waals surface area contributed by atoms with Crippen molar-refractivity contribution in [3.8, 4) is 0 Å². The van der Waals surface area contributed by atoms with Gasteiger partial charge in [-0.15, -0.1) is 0 Å². The molecule has 6 nitrogen and oxygen atoms in total. The van der Waals surface area contributed by atoms with Gasteiger partial charge in [-0.1, -0.05) is 12.1 Å². The molecule has 2 fully saturated rings. The molecule has 23 heavy (non-hydrogen) atoms. The summed E-state index contributed by atoms with van der Waals surface area (Å²) in [4.78, 5) is 38.2. The lowest BCUT2D eigenvalue weighted by Gasteiger charge is -2.27. The van der Waals surface area contributed by atoms with Crippen LogP contribution in [-0.4, -0.2) is 42.4 Å². The standard InChI is InChI=1S/C16H17FN2O4/c1-16(15(22)23-3)11-10(13(20)19(2)14(11)21)12(18-16)8-5-4-6-9(17)7-8/h4-7,10-12,18H,1-3H3/t10-,11-,12-,16+/m0/s1. The highest BCUT2D eigenvalue weighted by molar-refractivity contribution is 6.09. The molecule has 2 heterocycles. The van der Waals surface area contributed by atoms with Crippen LogP contribution in [0.15, 0.2) is 24.3 Å². The number of nitrogens with one attached hydrogen (secondary N) is 1. The SMILES string of the molecule is COC(=O)[C@]1(C)N[C@@H](c2cccc(F)c2)[C@H]2C(=O)N(C)C(=O)[C@H]21. The summed E-state index contributed by atoms with van der Waals surface area (Å²) in [6.45, 7) is 1.54. The molecule has 3 rings (SSSR count). The zero-order valence-corrected chi connectivity index (χ0v) is 13.0. The zero-order valence-electron chi connectivity index (χ0n) is 13.0. The number of nitrogens with zero attached hydrogens (tertiary/aromatic N) is 1. The van der Waals surface area contributed by atoms with Gasteiger partial charge in [-0.3, -0.25) is 24.6 Å². The fourth-order valence-corrected chi connectivity index (χ4v) is 3.67. The van der Waals surface area contributed by atoms with E-state index in [0.29, 0.717) is 5.56 Å². The number of imide groups is 1. The van der Waals surface area contributed by atoms with Gasteiger partial charge in [0.15, 0.2) is 0 Å². The minimum absolute atomic E-state index is 0.380. The largest absolute Gasteiger partial charge is 0.468 e. The number of fused-ring (bicyclic) bond motifs is 1. The van der Waals surface area contributed by atoms with E-state index in [2.05, 4.69) is 5.32 Å². The molecule has 1 N–H and O–H groups in total. The van der Waals surface area contributed by atoms with Crippen LogP contribution in [-0.2, 0) is 19.1 Å². The number of halogens is 1. The molecule has 122 valence electrons. The molecule has 2 aliphatic heterocycles. The molecule has 1 aromatic carbocycles. The fraction of sp³-hybridized carbons (Fsp3) is 0.438. The Kier molecular flexibility index (Phi) is 3.48. The van der Waals surface area contributed by atoms with E-state index in [1.54, 1.807) is 13.0 Å². The number of carbonyl (C=O) groups is 3. The Morgan fingerprint density at radius 3 is 2.65 bits per heavy atom. The molecule has 0 radical (unpaired) electrons. The van der Waals surface area contributed by atoms with Crippen LogP contribution in [0.1, 0.15) is 18.5 Å². The van der Waals surface area contributed by atoms with E-state index in [9.17, 15) is 18.8 Å². The van der Waals surface area contributed by atoms with E-state index in [4.69, 9.17) is 4.74 Å². The Labute approximate surface area is 132 Å². The molecule has 2 amide bonds. The summed E-state index contributed by atoms with van der Waals surface area (Å²) >= 11 is 0. The van der Waals surface area contributed by atoms with Gasteiger partial charge in [-0.05, 0) is 24.6 Å². The number of benzene rings is 1. The van der Waals surface area contributed by atoms with E-state index >= 15 is 0 Å². The number of rotatable bonds is 2. The van der Waals surface area contributed by atoms with Crippen molar-refractivity contribution in [1.82, 2.24) is 10.2 Å². The number of ether oxygens (including phenoxy) is 1. The van der Waals surface area contributed by atoms with Gasteiger partial charge in [0.2, 0.25) is 11.8 Å². The molecule has 0 aliphatic carbocycles. The first kappa shape index (κ1) is 15.6. The van der Waals surface area contributed by atoms with E-state index < -0.39 is 41.1 Å². The molecular formula is C16H17FN2O4. The molecule has 0 unspecified atom stereocenters. The second-order valence-corrected chi connectivity index (χ2v) is 6.11. The van der Waals surface area contributed by atoms with Gasteiger partial charge in [0.1, 0.15) is 11.4 Å². The van der Waals surface area contributed by atoms with Crippen LogP contribution in [0.5, 0.6) is 0 Å². The second-order valence-electron chi connectivity index (χ2n) is 6.11. The van der Waals surface area contributed by atoms with Crippen molar-refractivity contribution in [1.29, 1.82) is 0 Å². The van der Waals surface area contributed by atoms with Crippen molar-refractivity contribution < 1.29 is 23.5 Å². The molecule has 1 aromatic rings. The topological polar surface area (TPSA) is 75.7 Å². The third kappa shape index (κ3) is 2.07. The highest BCUT2D eigenvalue weighted by Gasteiger charge is 2.66. The van der Waals surface area contributed by atoms with Crippen molar-refractivity contribution in [2.75, 3.05) is 14.2 Å². The number of amides is 2.